The van der Waals surface area contributed by atoms with E-state index in [2.05, 4.69) is 34.3 Å². The van der Waals surface area contributed by atoms with Crippen molar-refractivity contribution in [3.63, 3.8) is 0 Å². The van der Waals surface area contributed by atoms with Gasteiger partial charge in [0.15, 0.2) is 6.61 Å². The van der Waals surface area contributed by atoms with Gasteiger partial charge in [-0.15, -0.1) is 0 Å². The van der Waals surface area contributed by atoms with E-state index in [-0.39, 0.29) is 25.0 Å². The van der Waals surface area contributed by atoms with Gasteiger partial charge in [0, 0.05) is 34.0 Å². The predicted molar refractivity (Wildman–Crippen MR) is 119 cm³/mol. The van der Waals surface area contributed by atoms with E-state index < -0.39 is 0 Å². The first-order valence-corrected chi connectivity index (χ1v) is 9.91. The molecule has 1 aromatic heterocycles. The molecule has 3 aromatic carbocycles. The molecular weight excluding hydrogens is 378 g/mol. The third-order valence-electron chi connectivity index (χ3n) is 4.93. The Kier molecular flexibility index (Phi) is 5.66. The number of rotatable bonds is 7. The molecule has 0 unspecified atom stereocenters. The third-order valence-corrected chi connectivity index (χ3v) is 4.93. The van der Waals surface area contributed by atoms with Gasteiger partial charge in [0.25, 0.3) is 5.91 Å². The number of fused-ring (bicyclic) bond motifs is 3. The molecule has 4 rings (SSSR count). The number of para-hydroxylation sites is 2. The summed E-state index contributed by atoms with van der Waals surface area (Å²) in [6, 6.07) is 23.2. The summed E-state index contributed by atoms with van der Waals surface area (Å²) in [5.41, 5.74) is 2.99. The van der Waals surface area contributed by atoms with Crippen LogP contribution in [-0.4, -0.2) is 29.5 Å². The number of aryl methyl sites for hydroxylation is 1. The van der Waals surface area contributed by atoms with Gasteiger partial charge in [0.1, 0.15) is 5.75 Å². The summed E-state index contributed by atoms with van der Waals surface area (Å²) in [7, 11) is 0. The summed E-state index contributed by atoms with van der Waals surface area (Å²) in [4.78, 5) is 24.2. The van der Waals surface area contributed by atoms with Crippen LogP contribution in [0.1, 0.15) is 6.92 Å². The SMILES string of the molecule is CCn1c2ccccc2c2cc(NC(=O)CNC(=O)COc3ccccc3)ccc21. The second-order valence-electron chi connectivity index (χ2n) is 6.92. The van der Waals surface area contributed by atoms with Gasteiger partial charge in [0.05, 0.1) is 6.54 Å². The minimum atomic E-state index is -0.351. The van der Waals surface area contributed by atoms with Crippen LogP contribution in [0.15, 0.2) is 72.8 Å². The highest BCUT2D eigenvalue weighted by Gasteiger charge is 2.11. The zero-order chi connectivity index (χ0) is 20.9. The Morgan fingerprint density at radius 3 is 2.40 bits per heavy atom. The van der Waals surface area contributed by atoms with Crippen LogP contribution in [0.4, 0.5) is 5.69 Å². The number of anilines is 1. The lowest BCUT2D eigenvalue weighted by Gasteiger charge is -2.09. The summed E-state index contributed by atoms with van der Waals surface area (Å²) >= 11 is 0. The molecule has 0 spiro atoms. The fourth-order valence-corrected chi connectivity index (χ4v) is 3.57. The first-order chi connectivity index (χ1) is 14.7. The number of hydrogen-bond donors (Lipinski definition) is 2. The molecule has 6 nitrogen and oxygen atoms in total. The molecule has 4 aromatic rings. The van der Waals surface area contributed by atoms with Crippen LogP contribution in [-0.2, 0) is 16.1 Å². The van der Waals surface area contributed by atoms with Crippen LogP contribution in [0.25, 0.3) is 21.8 Å². The van der Waals surface area contributed by atoms with Crippen molar-refractivity contribution in [2.45, 2.75) is 13.5 Å². The number of nitrogens with one attached hydrogen (secondary N) is 2. The Morgan fingerprint density at radius 1 is 0.867 bits per heavy atom. The molecule has 0 aliphatic rings. The molecule has 0 saturated carbocycles. The first-order valence-electron chi connectivity index (χ1n) is 9.91. The topological polar surface area (TPSA) is 72.4 Å². The molecule has 0 aliphatic heterocycles. The maximum absolute atomic E-state index is 12.3. The lowest BCUT2D eigenvalue weighted by atomic mass is 10.1. The average Bonchev–Trinajstić information content (AvgIpc) is 3.10. The smallest absolute Gasteiger partial charge is 0.258 e. The van der Waals surface area contributed by atoms with Crippen LogP contribution < -0.4 is 15.4 Å². The average molecular weight is 401 g/mol. The van der Waals surface area contributed by atoms with Crippen molar-refractivity contribution in [1.82, 2.24) is 9.88 Å². The normalized spacial score (nSPS) is 10.8. The molecule has 2 N–H and O–H groups in total. The summed E-state index contributed by atoms with van der Waals surface area (Å²) in [5, 5.41) is 7.66. The lowest BCUT2D eigenvalue weighted by Crippen LogP contribution is -2.35. The van der Waals surface area contributed by atoms with Crippen LogP contribution in [0.3, 0.4) is 0 Å². The highest BCUT2D eigenvalue weighted by atomic mass is 16.5. The van der Waals surface area contributed by atoms with Crippen LogP contribution in [0.5, 0.6) is 5.75 Å². The molecule has 1 heterocycles. The second-order valence-corrected chi connectivity index (χ2v) is 6.92. The maximum Gasteiger partial charge on any atom is 0.258 e. The highest BCUT2D eigenvalue weighted by molar-refractivity contribution is 6.10. The van der Waals surface area contributed by atoms with Gasteiger partial charge in [-0.1, -0.05) is 36.4 Å². The molecule has 0 aliphatic carbocycles. The Labute approximate surface area is 174 Å². The van der Waals surface area contributed by atoms with E-state index >= 15 is 0 Å². The van der Waals surface area contributed by atoms with E-state index in [0.29, 0.717) is 11.4 Å². The molecule has 0 bridgehead atoms. The summed E-state index contributed by atoms with van der Waals surface area (Å²) in [5.74, 6) is -0.0336. The summed E-state index contributed by atoms with van der Waals surface area (Å²) < 4.78 is 7.63. The number of nitrogens with zero attached hydrogens (tertiary/aromatic N) is 1. The zero-order valence-electron chi connectivity index (χ0n) is 16.7. The Bertz CT molecular complexity index is 1200. The van der Waals surface area contributed by atoms with Crippen molar-refractivity contribution in [3.8, 4) is 5.75 Å². The van der Waals surface area contributed by atoms with Gasteiger partial charge < -0.3 is 19.9 Å². The van der Waals surface area contributed by atoms with Crippen LogP contribution in [0, 0.1) is 0 Å². The summed E-state index contributed by atoms with van der Waals surface area (Å²) in [6.07, 6.45) is 0. The monoisotopic (exact) mass is 401 g/mol. The largest absolute Gasteiger partial charge is 0.484 e. The Morgan fingerprint density at radius 2 is 1.60 bits per heavy atom. The molecule has 30 heavy (non-hydrogen) atoms. The van der Waals surface area contributed by atoms with E-state index in [1.165, 1.54) is 5.52 Å². The van der Waals surface area contributed by atoms with Crippen molar-refractivity contribution >= 4 is 39.3 Å². The van der Waals surface area contributed by atoms with E-state index in [1.54, 1.807) is 12.1 Å². The number of carbonyl (C=O) groups is 2. The van der Waals surface area contributed by atoms with Crippen molar-refractivity contribution in [2.75, 3.05) is 18.5 Å². The minimum absolute atomic E-state index is 0.119. The van der Waals surface area contributed by atoms with Gasteiger partial charge in [-0.05, 0) is 43.3 Å². The van der Waals surface area contributed by atoms with E-state index in [9.17, 15) is 9.59 Å². The number of benzene rings is 3. The number of amides is 2. The molecule has 0 atom stereocenters. The number of ether oxygens (including phenoxy) is 1. The number of aromatic nitrogens is 1. The fourth-order valence-electron chi connectivity index (χ4n) is 3.57. The Balaban J connectivity index is 1.38. The van der Waals surface area contributed by atoms with Gasteiger partial charge in [-0.25, -0.2) is 0 Å². The molecule has 0 radical (unpaired) electrons. The van der Waals surface area contributed by atoms with Crippen molar-refractivity contribution < 1.29 is 14.3 Å². The molecule has 6 heteroatoms. The van der Waals surface area contributed by atoms with Crippen molar-refractivity contribution in [2.24, 2.45) is 0 Å². The number of hydrogen-bond acceptors (Lipinski definition) is 3. The molecule has 2 amide bonds. The van der Waals surface area contributed by atoms with Gasteiger partial charge in [-0.2, -0.15) is 0 Å². The predicted octanol–water partition coefficient (Wildman–Crippen LogP) is 3.95. The van der Waals surface area contributed by atoms with Gasteiger partial charge in [-0.3, -0.25) is 9.59 Å². The van der Waals surface area contributed by atoms with Crippen molar-refractivity contribution in [1.29, 1.82) is 0 Å². The quantitative estimate of drug-likeness (QED) is 0.493. The van der Waals surface area contributed by atoms with E-state index in [4.69, 9.17) is 4.74 Å². The molecule has 0 fully saturated rings. The lowest BCUT2D eigenvalue weighted by molar-refractivity contribution is -0.125. The fraction of sp³-hybridized carbons (Fsp3) is 0.167. The maximum atomic E-state index is 12.3. The first kappa shape index (κ1) is 19.5. The van der Waals surface area contributed by atoms with E-state index in [1.807, 2.05) is 48.5 Å². The van der Waals surface area contributed by atoms with Crippen LogP contribution in [0.2, 0.25) is 0 Å². The minimum Gasteiger partial charge on any atom is -0.484 e. The van der Waals surface area contributed by atoms with E-state index in [0.717, 1.165) is 22.8 Å². The number of carbonyl (C=O) groups excluding carboxylic acids is 2. The standard InChI is InChI=1S/C24H23N3O3/c1-2-27-21-11-7-6-10-19(21)20-14-17(12-13-22(20)27)26-23(28)15-25-24(29)16-30-18-8-4-3-5-9-18/h3-14H,2,15-16H2,1H3,(H,25,29)(H,26,28). The summed E-state index contributed by atoms with van der Waals surface area (Å²) in [6.45, 7) is 2.73. The van der Waals surface area contributed by atoms with Gasteiger partial charge >= 0.3 is 0 Å². The zero-order valence-corrected chi connectivity index (χ0v) is 16.7. The highest BCUT2D eigenvalue weighted by Crippen LogP contribution is 2.30. The van der Waals surface area contributed by atoms with Crippen LogP contribution >= 0.6 is 0 Å². The Hall–Kier alpha value is -3.80. The molecule has 0 saturated heterocycles. The van der Waals surface area contributed by atoms with Crippen molar-refractivity contribution in [3.05, 3.63) is 72.8 Å². The molecular formula is C24H23N3O3. The third kappa shape index (κ3) is 4.12. The van der Waals surface area contributed by atoms with Gasteiger partial charge in [0.2, 0.25) is 5.91 Å². The molecule has 152 valence electrons. The second kappa shape index (κ2) is 8.69.